The van der Waals surface area contributed by atoms with Crippen molar-refractivity contribution < 1.29 is 22.7 Å². The Kier molecular flexibility index (Phi) is 6.48. The van der Waals surface area contributed by atoms with Crippen molar-refractivity contribution in [1.82, 2.24) is 9.97 Å². The second-order valence-electron chi connectivity index (χ2n) is 6.14. The van der Waals surface area contributed by atoms with Crippen molar-refractivity contribution in [3.05, 3.63) is 66.5 Å². The van der Waals surface area contributed by atoms with Crippen LogP contribution < -0.4 is 19.5 Å². The summed E-state index contributed by atoms with van der Waals surface area (Å²) in [6.45, 7) is 1.50. The lowest BCUT2D eigenvalue weighted by atomic mass is 10.3. The van der Waals surface area contributed by atoms with Crippen LogP contribution in [0.25, 0.3) is 0 Å². The molecule has 0 unspecified atom stereocenters. The van der Waals surface area contributed by atoms with Crippen molar-refractivity contribution >= 4 is 27.6 Å². The minimum atomic E-state index is -3.86. The molecule has 0 spiro atoms. The first-order valence-electron chi connectivity index (χ1n) is 8.85. The summed E-state index contributed by atoms with van der Waals surface area (Å²) >= 11 is 0. The number of nitrogens with zero attached hydrogens (tertiary/aromatic N) is 2. The molecule has 1 heterocycles. The molecule has 9 nitrogen and oxygen atoms in total. The highest BCUT2D eigenvalue weighted by atomic mass is 32.2. The number of rotatable bonds is 8. The topological polar surface area (TPSA) is 120 Å². The van der Waals surface area contributed by atoms with Gasteiger partial charge >= 0.3 is 0 Å². The fourth-order valence-electron chi connectivity index (χ4n) is 2.47. The maximum atomic E-state index is 12.5. The number of carbonyl (C=O) groups excluding carboxylic acids is 1. The van der Waals surface area contributed by atoms with E-state index >= 15 is 0 Å². The van der Waals surface area contributed by atoms with Gasteiger partial charge in [0.1, 0.15) is 0 Å². The van der Waals surface area contributed by atoms with Gasteiger partial charge in [-0.1, -0.05) is 12.1 Å². The summed E-state index contributed by atoms with van der Waals surface area (Å²) in [5.41, 5.74) is 1.06. The summed E-state index contributed by atoms with van der Waals surface area (Å²) in [4.78, 5) is 20.0. The molecule has 0 fully saturated rings. The maximum absolute atomic E-state index is 12.5. The molecule has 0 radical (unpaired) electrons. The van der Waals surface area contributed by atoms with Crippen LogP contribution in [-0.4, -0.2) is 38.0 Å². The first-order valence-corrected chi connectivity index (χ1v) is 10.3. The minimum absolute atomic E-state index is 0.0101. The zero-order chi connectivity index (χ0) is 21.6. The molecule has 0 aliphatic heterocycles. The summed E-state index contributed by atoms with van der Waals surface area (Å²) in [7, 11) is -2.34. The van der Waals surface area contributed by atoms with Gasteiger partial charge in [-0.15, -0.1) is 0 Å². The summed E-state index contributed by atoms with van der Waals surface area (Å²) in [5.74, 6) is 0.551. The third-order valence-corrected chi connectivity index (χ3v) is 5.24. The van der Waals surface area contributed by atoms with Crippen molar-refractivity contribution in [3.63, 3.8) is 0 Å². The third-order valence-electron chi connectivity index (χ3n) is 3.90. The van der Waals surface area contributed by atoms with E-state index in [0.717, 1.165) is 0 Å². The Morgan fingerprint density at radius 1 is 1.03 bits per heavy atom. The number of methoxy groups -OCH3 is 1. The fourth-order valence-corrected chi connectivity index (χ4v) is 3.42. The van der Waals surface area contributed by atoms with Crippen LogP contribution in [0.15, 0.2) is 65.7 Å². The number of hydrogen-bond acceptors (Lipinski definition) is 7. The monoisotopic (exact) mass is 428 g/mol. The maximum Gasteiger partial charge on any atom is 0.264 e. The Morgan fingerprint density at radius 3 is 2.40 bits per heavy atom. The predicted octanol–water partition coefficient (Wildman–Crippen LogP) is 2.61. The normalized spacial score (nSPS) is 10.9. The summed E-state index contributed by atoms with van der Waals surface area (Å²) in [6.07, 6.45) is 1.46. The van der Waals surface area contributed by atoms with Crippen molar-refractivity contribution in [2.45, 2.75) is 11.8 Å². The number of carbonyl (C=O) groups is 1. The van der Waals surface area contributed by atoms with E-state index in [9.17, 15) is 13.2 Å². The van der Waals surface area contributed by atoms with Gasteiger partial charge in [-0.25, -0.2) is 23.1 Å². The summed E-state index contributed by atoms with van der Waals surface area (Å²) in [5, 5.41) is 2.64. The molecule has 30 heavy (non-hydrogen) atoms. The van der Waals surface area contributed by atoms with Gasteiger partial charge in [0.05, 0.1) is 12.0 Å². The molecule has 3 rings (SSSR count). The molecule has 2 N–H and O–H groups in total. The Bertz CT molecular complexity index is 1130. The number of aryl methyl sites for hydroxylation is 1. The predicted molar refractivity (Wildman–Crippen MR) is 111 cm³/mol. The molecule has 3 aromatic rings. The van der Waals surface area contributed by atoms with E-state index in [4.69, 9.17) is 9.47 Å². The van der Waals surface area contributed by atoms with Gasteiger partial charge in [-0.2, -0.15) is 0 Å². The molecule has 0 bridgehead atoms. The van der Waals surface area contributed by atoms with Crippen LogP contribution >= 0.6 is 0 Å². The van der Waals surface area contributed by atoms with E-state index in [-0.39, 0.29) is 17.5 Å². The number of sulfonamides is 1. The number of nitrogens with one attached hydrogen (secondary N) is 2. The van der Waals surface area contributed by atoms with Crippen LogP contribution in [0.4, 0.5) is 11.6 Å². The average molecular weight is 428 g/mol. The summed E-state index contributed by atoms with van der Waals surface area (Å²) in [6, 6.07) is 14.3. The van der Waals surface area contributed by atoms with Gasteiger partial charge in [0.2, 0.25) is 5.95 Å². The number of ether oxygens (including phenoxy) is 2. The van der Waals surface area contributed by atoms with Crippen LogP contribution in [-0.2, 0) is 14.8 Å². The fraction of sp³-hybridized carbons (Fsp3) is 0.150. The largest absolute Gasteiger partial charge is 0.493 e. The van der Waals surface area contributed by atoms with E-state index in [2.05, 4.69) is 20.0 Å². The molecule has 0 atom stereocenters. The van der Waals surface area contributed by atoms with Gasteiger partial charge < -0.3 is 14.8 Å². The molecule has 1 amide bonds. The Morgan fingerprint density at radius 2 is 1.73 bits per heavy atom. The molecular weight excluding hydrogens is 408 g/mol. The minimum Gasteiger partial charge on any atom is -0.493 e. The first kappa shape index (κ1) is 21.1. The van der Waals surface area contributed by atoms with Crippen LogP contribution in [0.3, 0.4) is 0 Å². The van der Waals surface area contributed by atoms with Gasteiger partial charge in [0.15, 0.2) is 18.1 Å². The molecule has 0 aliphatic carbocycles. The van der Waals surface area contributed by atoms with E-state index < -0.39 is 15.9 Å². The summed E-state index contributed by atoms with van der Waals surface area (Å²) < 4.78 is 37.8. The highest BCUT2D eigenvalue weighted by Gasteiger charge is 2.16. The number of aromatic nitrogens is 2. The molecule has 156 valence electrons. The second kappa shape index (κ2) is 9.23. The number of anilines is 2. The molecule has 0 saturated carbocycles. The van der Waals surface area contributed by atoms with Gasteiger partial charge in [0, 0.05) is 17.6 Å². The molecule has 0 saturated heterocycles. The van der Waals surface area contributed by atoms with Crippen LogP contribution in [0.2, 0.25) is 0 Å². The van der Waals surface area contributed by atoms with Crippen molar-refractivity contribution in [2.24, 2.45) is 0 Å². The highest BCUT2D eigenvalue weighted by Crippen LogP contribution is 2.25. The Labute approximate surface area is 174 Å². The average Bonchev–Trinajstić information content (AvgIpc) is 2.72. The van der Waals surface area contributed by atoms with Crippen molar-refractivity contribution in [3.8, 4) is 11.5 Å². The van der Waals surface area contributed by atoms with Crippen LogP contribution in [0.1, 0.15) is 5.69 Å². The van der Waals surface area contributed by atoms with Gasteiger partial charge in [-0.05, 0) is 49.4 Å². The lowest BCUT2D eigenvalue weighted by Gasteiger charge is -2.11. The number of para-hydroxylation sites is 2. The highest BCUT2D eigenvalue weighted by molar-refractivity contribution is 7.92. The number of amides is 1. The molecule has 0 aliphatic rings. The van der Waals surface area contributed by atoms with E-state index in [1.807, 2.05) is 0 Å². The second-order valence-corrected chi connectivity index (χ2v) is 7.82. The van der Waals surface area contributed by atoms with Crippen molar-refractivity contribution in [1.29, 1.82) is 0 Å². The zero-order valence-electron chi connectivity index (χ0n) is 16.3. The lowest BCUT2D eigenvalue weighted by Crippen LogP contribution is -2.20. The third kappa shape index (κ3) is 5.45. The molecule has 10 heteroatoms. The van der Waals surface area contributed by atoms with Gasteiger partial charge in [-0.3, -0.25) is 4.79 Å². The number of hydrogen-bond donors (Lipinski definition) is 2. The lowest BCUT2D eigenvalue weighted by molar-refractivity contribution is -0.118. The first-order chi connectivity index (χ1) is 14.4. The van der Waals surface area contributed by atoms with E-state index in [1.54, 1.807) is 37.3 Å². The smallest absolute Gasteiger partial charge is 0.264 e. The zero-order valence-corrected chi connectivity index (χ0v) is 17.1. The SMILES string of the molecule is COc1ccccc1OCC(=O)Nc1ccc(S(=O)(=O)Nc2nccc(C)n2)cc1. The molecule has 1 aromatic heterocycles. The molecular formula is C20H20N4O5S. The Hall–Kier alpha value is -3.66. The van der Waals surface area contributed by atoms with Crippen LogP contribution in [0, 0.1) is 6.92 Å². The van der Waals surface area contributed by atoms with Gasteiger partial charge in [0.25, 0.3) is 15.9 Å². The quantitative estimate of drug-likeness (QED) is 0.566. The number of benzene rings is 2. The van der Waals surface area contributed by atoms with E-state index in [0.29, 0.717) is 22.9 Å². The van der Waals surface area contributed by atoms with E-state index in [1.165, 1.54) is 37.6 Å². The van der Waals surface area contributed by atoms with Crippen molar-refractivity contribution in [2.75, 3.05) is 23.8 Å². The Balaban J connectivity index is 1.60. The van der Waals surface area contributed by atoms with Crippen LogP contribution in [0.5, 0.6) is 11.5 Å². The standard InChI is InChI=1S/C20H20N4O5S/c1-14-11-12-21-20(22-14)24-30(26,27)16-9-7-15(8-10-16)23-19(25)13-29-18-6-4-3-5-17(18)28-2/h3-12H,13H2,1-2H3,(H,23,25)(H,21,22,24). The molecule has 2 aromatic carbocycles.